The van der Waals surface area contributed by atoms with Crippen LogP contribution in [0.3, 0.4) is 0 Å². The smallest absolute Gasteiger partial charge is 0.121 e. The van der Waals surface area contributed by atoms with E-state index < -0.39 is 13.3 Å². The summed E-state index contributed by atoms with van der Waals surface area (Å²) in [5, 5.41) is 2.20. The Hall–Kier alpha value is -5.07. The van der Waals surface area contributed by atoms with Crippen LogP contribution in [-0.4, -0.2) is 27.8 Å². The van der Waals surface area contributed by atoms with Gasteiger partial charge in [0, 0.05) is 31.2 Å². The minimum absolute atomic E-state index is 0. The van der Waals surface area contributed by atoms with Crippen molar-refractivity contribution in [3.05, 3.63) is 168 Å². The standard InChI is InChI=1S/C38H33N2O.C18H24GeN.Ir/c1-23(2)31-21-27(26-12-7-6-8-13-26)22-32(24(3)4)36(31)40-34-17-10-9-16-33(34)39-38(40)30-15-11-14-29-28-19-18-25(5)20-35(28)41-37(29)30;1-14(2)11-16-12-18(15-9-7-6-8-10-15)20-13-17(16)19(3,4)5;/h6-14,16-24H,1-5H3;6-9,12-14H,11H2,1-5H3;/q2*-1;. The Bertz CT molecular complexity index is 2940. The van der Waals surface area contributed by atoms with E-state index in [9.17, 15) is 0 Å². The molecule has 0 N–H and O–H groups in total. The molecule has 3 heterocycles. The number of hydrogen-bond acceptors (Lipinski definition) is 3. The summed E-state index contributed by atoms with van der Waals surface area (Å²) in [6.45, 7) is 15.8. The topological polar surface area (TPSA) is 43.9 Å². The van der Waals surface area contributed by atoms with Crippen molar-refractivity contribution in [1.29, 1.82) is 0 Å². The normalized spacial score (nSPS) is 11.8. The molecule has 9 rings (SSSR count). The first-order valence-corrected chi connectivity index (χ1v) is 29.1. The molecule has 1 radical (unpaired) electrons. The third-order valence-electron chi connectivity index (χ3n) is 11.5. The number of para-hydroxylation sites is 2. The van der Waals surface area contributed by atoms with Gasteiger partial charge < -0.3 is 8.98 Å². The molecule has 0 amide bonds. The van der Waals surface area contributed by atoms with Crippen molar-refractivity contribution in [3.63, 3.8) is 0 Å². The van der Waals surface area contributed by atoms with Gasteiger partial charge in [-0.05, 0) is 76.9 Å². The zero-order chi connectivity index (χ0) is 43.0. The predicted octanol–water partition coefficient (Wildman–Crippen LogP) is 14.9. The number of hydrogen-bond donors (Lipinski definition) is 0. The molecular formula is C56H57GeIrN3O-2. The average Bonchev–Trinajstić information content (AvgIpc) is 3.81. The predicted molar refractivity (Wildman–Crippen MR) is 261 cm³/mol. The van der Waals surface area contributed by atoms with Crippen molar-refractivity contribution < 1.29 is 24.5 Å². The van der Waals surface area contributed by atoms with Gasteiger partial charge in [0.2, 0.25) is 0 Å². The minimum Gasteiger partial charge on any atom is -0.501 e. The van der Waals surface area contributed by atoms with E-state index in [0.29, 0.717) is 17.8 Å². The van der Waals surface area contributed by atoms with Gasteiger partial charge in [-0.15, -0.1) is 18.2 Å². The van der Waals surface area contributed by atoms with Crippen LogP contribution in [0.4, 0.5) is 0 Å². The summed E-state index contributed by atoms with van der Waals surface area (Å²) in [6.07, 6.45) is 3.27. The molecule has 6 aromatic carbocycles. The number of rotatable bonds is 9. The maximum absolute atomic E-state index is 6.55. The van der Waals surface area contributed by atoms with E-state index >= 15 is 0 Å². The van der Waals surface area contributed by atoms with Crippen LogP contribution < -0.4 is 4.40 Å². The average molecular weight is 1050 g/mol. The minimum atomic E-state index is -1.86. The third kappa shape index (κ3) is 9.18. The summed E-state index contributed by atoms with van der Waals surface area (Å²) in [4.78, 5) is 9.95. The van der Waals surface area contributed by atoms with E-state index in [1.165, 1.54) is 39.1 Å². The van der Waals surface area contributed by atoms with Crippen molar-refractivity contribution in [2.24, 2.45) is 5.92 Å². The Kier molecular flexibility index (Phi) is 13.6. The van der Waals surface area contributed by atoms with Gasteiger partial charge in [-0.3, -0.25) is 4.98 Å². The van der Waals surface area contributed by atoms with Crippen LogP contribution in [0.2, 0.25) is 17.3 Å². The molecule has 9 aromatic rings. The second-order valence-electron chi connectivity index (χ2n) is 18.5. The van der Waals surface area contributed by atoms with Crippen LogP contribution in [0.5, 0.6) is 0 Å². The van der Waals surface area contributed by atoms with Crippen LogP contribution in [0, 0.1) is 25.0 Å². The van der Waals surface area contributed by atoms with Crippen LogP contribution in [0.1, 0.15) is 75.6 Å². The Labute approximate surface area is 384 Å². The number of furan rings is 1. The summed E-state index contributed by atoms with van der Waals surface area (Å²) >= 11 is -1.86. The van der Waals surface area contributed by atoms with Gasteiger partial charge in [0.1, 0.15) is 5.58 Å². The fraction of sp³-hybridized carbons (Fsp3) is 0.250. The van der Waals surface area contributed by atoms with Gasteiger partial charge >= 0.3 is 126 Å². The first-order chi connectivity index (χ1) is 29.3. The third-order valence-corrected chi connectivity index (χ3v) is 15.9. The molecule has 0 bridgehead atoms. The van der Waals surface area contributed by atoms with Crippen molar-refractivity contribution in [3.8, 4) is 39.5 Å². The summed E-state index contributed by atoms with van der Waals surface area (Å²) in [5.41, 5.74) is 15.7. The fourth-order valence-electron chi connectivity index (χ4n) is 8.53. The first kappa shape index (κ1) is 45.0. The van der Waals surface area contributed by atoms with E-state index in [4.69, 9.17) is 14.4 Å². The molecule has 0 atom stereocenters. The van der Waals surface area contributed by atoms with Gasteiger partial charge in [0.05, 0.1) is 22.4 Å². The van der Waals surface area contributed by atoms with Crippen molar-refractivity contribution in [1.82, 2.24) is 14.5 Å². The van der Waals surface area contributed by atoms with Gasteiger partial charge in [-0.1, -0.05) is 93.2 Å². The van der Waals surface area contributed by atoms with Gasteiger partial charge in [0.25, 0.3) is 0 Å². The van der Waals surface area contributed by atoms with Crippen LogP contribution in [0.25, 0.3) is 72.4 Å². The first-order valence-electron chi connectivity index (χ1n) is 21.8. The SMILES string of the molecule is CC(C)Cc1cc(-c2[c-]cccc2)nc[c]1[Ge]([CH3])([CH3])[CH3].Cc1ccc2c(c1)oc1c(-c3nc4ccccc4n3-c3c(C(C)C)cc(-c4ccccc4)cc3C(C)C)[c-]ccc12.[Ir]. The summed E-state index contributed by atoms with van der Waals surface area (Å²) < 4.78 is 10.5. The Morgan fingerprint density at radius 2 is 1.39 bits per heavy atom. The largest absolute Gasteiger partial charge is 0.501 e. The zero-order valence-corrected chi connectivity index (χ0v) is 42.2. The van der Waals surface area contributed by atoms with Crippen molar-refractivity contribution >= 4 is 50.6 Å². The van der Waals surface area contributed by atoms with Crippen molar-refractivity contribution in [2.75, 3.05) is 0 Å². The molecule has 317 valence electrons. The second kappa shape index (κ2) is 18.7. The molecular weight excluding hydrogens is 995 g/mol. The number of fused-ring (bicyclic) bond motifs is 4. The summed E-state index contributed by atoms with van der Waals surface area (Å²) in [7, 11) is 0. The van der Waals surface area contributed by atoms with Crippen LogP contribution in [0.15, 0.2) is 138 Å². The Balaban J connectivity index is 0.000000233. The molecule has 0 aliphatic heterocycles. The van der Waals surface area contributed by atoms with Crippen molar-refractivity contribution in [2.45, 2.75) is 84.0 Å². The number of aryl methyl sites for hydroxylation is 1. The summed E-state index contributed by atoms with van der Waals surface area (Å²) in [6, 6.07) is 51.5. The molecule has 0 saturated heterocycles. The zero-order valence-electron chi connectivity index (χ0n) is 37.7. The number of pyridine rings is 1. The molecule has 0 spiro atoms. The number of imidazole rings is 1. The van der Waals surface area contributed by atoms with Gasteiger partial charge in [-0.25, -0.2) is 0 Å². The maximum Gasteiger partial charge on any atom is 0.121 e. The summed E-state index contributed by atoms with van der Waals surface area (Å²) in [5.74, 6) is 9.44. The van der Waals surface area contributed by atoms with Gasteiger partial charge in [-0.2, -0.15) is 0 Å². The fourth-order valence-corrected chi connectivity index (χ4v) is 11.9. The molecule has 4 nitrogen and oxygen atoms in total. The Morgan fingerprint density at radius 3 is 2.05 bits per heavy atom. The van der Waals surface area contributed by atoms with E-state index in [0.717, 1.165) is 62.0 Å². The quantitative estimate of drug-likeness (QED) is 0.107. The van der Waals surface area contributed by atoms with E-state index in [-0.39, 0.29) is 20.1 Å². The molecule has 3 aromatic heterocycles. The van der Waals surface area contributed by atoms with E-state index in [1.54, 1.807) is 4.40 Å². The van der Waals surface area contributed by atoms with Crippen LogP contribution in [-0.2, 0) is 26.5 Å². The maximum atomic E-state index is 6.55. The Morgan fingerprint density at radius 1 is 0.694 bits per heavy atom. The van der Waals surface area contributed by atoms with E-state index in [2.05, 4.69) is 192 Å². The molecule has 0 unspecified atom stereocenters. The molecule has 0 aliphatic rings. The van der Waals surface area contributed by atoms with E-state index in [1.807, 2.05) is 24.3 Å². The van der Waals surface area contributed by atoms with Crippen LogP contribution >= 0.6 is 0 Å². The number of nitrogens with zero attached hydrogens (tertiary/aromatic N) is 3. The number of benzene rings is 6. The van der Waals surface area contributed by atoms with Gasteiger partial charge in [0.15, 0.2) is 0 Å². The molecule has 6 heteroatoms. The second-order valence-corrected chi connectivity index (χ2v) is 29.1. The molecule has 0 aliphatic carbocycles. The monoisotopic (exact) mass is 1050 g/mol. The number of aromatic nitrogens is 3. The molecule has 62 heavy (non-hydrogen) atoms. The molecule has 0 fully saturated rings. The molecule has 0 saturated carbocycles.